The molecule has 1 fully saturated rings. The van der Waals surface area contributed by atoms with Gasteiger partial charge in [-0.1, -0.05) is 0 Å². The van der Waals surface area contributed by atoms with Crippen LogP contribution in [-0.2, 0) is 4.79 Å². The minimum absolute atomic E-state index is 0.281. The van der Waals surface area contributed by atoms with E-state index >= 15 is 0 Å². The predicted octanol–water partition coefficient (Wildman–Crippen LogP) is 2.73. The summed E-state index contributed by atoms with van der Waals surface area (Å²) in [5.74, 6) is 0.937. The number of likely N-dealkylation sites (tertiary alicyclic amines) is 1. The zero-order valence-electron chi connectivity index (χ0n) is 12.0. The number of rotatable bonds is 6. The summed E-state index contributed by atoms with van der Waals surface area (Å²) in [5, 5.41) is 0. The summed E-state index contributed by atoms with van der Waals surface area (Å²) >= 11 is 5.63. The Labute approximate surface area is 116 Å². The summed E-state index contributed by atoms with van der Waals surface area (Å²) < 4.78 is 0. The summed E-state index contributed by atoms with van der Waals surface area (Å²) in [5.41, 5.74) is 0. The van der Waals surface area contributed by atoms with E-state index in [9.17, 15) is 4.79 Å². The average molecular weight is 275 g/mol. The molecule has 1 rings (SSSR count). The van der Waals surface area contributed by atoms with Crippen LogP contribution in [0.2, 0.25) is 0 Å². The Kier molecular flexibility index (Phi) is 7.02. The lowest BCUT2D eigenvalue weighted by molar-refractivity contribution is -0.133. The molecule has 0 aliphatic carbocycles. The second kappa shape index (κ2) is 8.00. The topological polar surface area (TPSA) is 23.6 Å². The number of amides is 1. The fourth-order valence-electron chi connectivity index (χ4n) is 2.54. The van der Waals surface area contributed by atoms with Crippen molar-refractivity contribution in [2.24, 2.45) is 0 Å². The Hall–Kier alpha value is -0.280. The first-order valence-corrected chi connectivity index (χ1v) is 7.65. The number of carbonyl (C=O) groups is 1. The molecule has 0 spiro atoms. The van der Waals surface area contributed by atoms with Crippen molar-refractivity contribution < 1.29 is 4.79 Å². The van der Waals surface area contributed by atoms with E-state index in [1.54, 1.807) is 0 Å². The minimum Gasteiger partial charge on any atom is -0.343 e. The molecule has 0 aromatic carbocycles. The van der Waals surface area contributed by atoms with Crippen LogP contribution in [-0.4, -0.2) is 53.8 Å². The Balaban J connectivity index is 2.30. The molecule has 18 heavy (non-hydrogen) atoms. The third-order valence-corrected chi connectivity index (χ3v) is 4.21. The maximum absolute atomic E-state index is 12.0. The Morgan fingerprint density at radius 1 is 1.33 bits per heavy atom. The molecule has 1 heterocycles. The normalized spacial score (nSPS) is 18.3. The van der Waals surface area contributed by atoms with Gasteiger partial charge >= 0.3 is 0 Å². The molecule has 3 nitrogen and oxygen atoms in total. The van der Waals surface area contributed by atoms with Crippen molar-refractivity contribution in [1.82, 2.24) is 9.80 Å². The van der Waals surface area contributed by atoms with Gasteiger partial charge in [0, 0.05) is 44.5 Å². The van der Waals surface area contributed by atoms with Gasteiger partial charge in [-0.3, -0.25) is 4.79 Å². The van der Waals surface area contributed by atoms with E-state index in [4.69, 9.17) is 11.6 Å². The first-order chi connectivity index (χ1) is 8.56. The summed E-state index contributed by atoms with van der Waals surface area (Å²) in [6.07, 6.45) is 4.71. The molecule has 0 bridgehead atoms. The van der Waals surface area contributed by atoms with Gasteiger partial charge in [0.2, 0.25) is 5.91 Å². The van der Waals surface area contributed by atoms with Gasteiger partial charge in [0.25, 0.3) is 0 Å². The van der Waals surface area contributed by atoms with Crippen molar-refractivity contribution in [1.29, 1.82) is 0 Å². The molecule has 0 unspecified atom stereocenters. The van der Waals surface area contributed by atoms with Crippen LogP contribution >= 0.6 is 11.6 Å². The van der Waals surface area contributed by atoms with Gasteiger partial charge in [0.15, 0.2) is 0 Å². The van der Waals surface area contributed by atoms with Crippen LogP contribution in [0.25, 0.3) is 0 Å². The van der Waals surface area contributed by atoms with E-state index in [1.165, 1.54) is 0 Å². The second-order valence-electron chi connectivity index (χ2n) is 5.51. The van der Waals surface area contributed by atoms with Crippen LogP contribution < -0.4 is 0 Å². The summed E-state index contributed by atoms with van der Waals surface area (Å²) in [6.45, 7) is 6.70. The molecule has 1 aliphatic rings. The molecule has 4 heteroatoms. The van der Waals surface area contributed by atoms with E-state index in [0.717, 1.165) is 38.8 Å². The van der Waals surface area contributed by atoms with Gasteiger partial charge in [-0.2, -0.15) is 0 Å². The van der Waals surface area contributed by atoms with Crippen LogP contribution in [0.4, 0.5) is 0 Å². The molecule has 1 amide bonds. The number of unbranched alkanes of at least 4 members (excludes halogenated alkanes) is 1. The maximum Gasteiger partial charge on any atom is 0.222 e. The quantitative estimate of drug-likeness (QED) is 0.549. The van der Waals surface area contributed by atoms with Crippen LogP contribution in [0.3, 0.4) is 0 Å². The van der Waals surface area contributed by atoms with Crippen LogP contribution in [0, 0.1) is 0 Å². The largest absolute Gasteiger partial charge is 0.343 e. The smallest absolute Gasteiger partial charge is 0.222 e. The van der Waals surface area contributed by atoms with Crippen molar-refractivity contribution in [3.63, 3.8) is 0 Å². The fourth-order valence-corrected chi connectivity index (χ4v) is 2.73. The van der Waals surface area contributed by atoms with Crippen LogP contribution in [0.15, 0.2) is 0 Å². The molecule has 0 aromatic rings. The SMILES string of the molecule is CC(C)N1CCC(N(C)C(=O)CCCCCl)CC1. The van der Waals surface area contributed by atoms with Gasteiger partial charge in [0.05, 0.1) is 0 Å². The summed E-state index contributed by atoms with van der Waals surface area (Å²) in [4.78, 5) is 16.5. The first kappa shape index (κ1) is 15.8. The van der Waals surface area contributed by atoms with Gasteiger partial charge < -0.3 is 9.80 Å². The molecule has 0 atom stereocenters. The third kappa shape index (κ3) is 4.77. The van der Waals surface area contributed by atoms with Crippen LogP contribution in [0.5, 0.6) is 0 Å². The number of carbonyl (C=O) groups excluding carboxylic acids is 1. The number of hydrogen-bond acceptors (Lipinski definition) is 2. The van der Waals surface area contributed by atoms with Crippen molar-refractivity contribution in [2.75, 3.05) is 26.0 Å². The standard InChI is InChI=1S/C14H27ClN2O/c1-12(2)17-10-7-13(8-11-17)16(3)14(18)6-4-5-9-15/h12-13H,4-11H2,1-3H3. The van der Waals surface area contributed by atoms with E-state index < -0.39 is 0 Å². The Morgan fingerprint density at radius 3 is 2.44 bits per heavy atom. The molecule has 0 aromatic heterocycles. The number of piperidine rings is 1. The lowest BCUT2D eigenvalue weighted by Crippen LogP contribution is -2.47. The fraction of sp³-hybridized carbons (Fsp3) is 0.929. The zero-order chi connectivity index (χ0) is 13.5. The molecular formula is C14H27ClN2O. The van der Waals surface area contributed by atoms with Crippen molar-refractivity contribution in [3.8, 4) is 0 Å². The summed E-state index contributed by atoms with van der Waals surface area (Å²) in [7, 11) is 1.96. The number of hydrogen-bond donors (Lipinski definition) is 0. The molecule has 1 aliphatic heterocycles. The van der Waals surface area contributed by atoms with Gasteiger partial charge in [-0.25, -0.2) is 0 Å². The number of nitrogens with zero attached hydrogens (tertiary/aromatic N) is 2. The van der Waals surface area contributed by atoms with Gasteiger partial charge in [0.1, 0.15) is 0 Å². The predicted molar refractivity (Wildman–Crippen MR) is 77.1 cm³/mol. The lowest BCUT2D eigenvalue weighted by Gasteiger charge is -2.38. The number of alkyl halides is 1. The van der Waals surface area contributed by atoms with Crippen molar-refractivity contribution >= 4 is 17.5 Å². The minimum atomic E-state index is 0.281. The molecule has 0 saturated carbocycles. The summed E-state index contributed by atoms with van der Waals surface area (Å²) in [6, 6.07) is 1.05. The van der Waals surface area contributed by atoms with Crippen molar-refractivity contribution in [3.05, 3.63) is 0 Å². The van der Waals surface area contributed by atoms with Gasteiger partial charge in [-0.15, -0.1) is 11.6 Å². The highest BCUT2D eigenvalue weighted by Gasteiger charge is 2.25. The van der Waals surface area contributed by atoms with E-state index in [2.05, 4.69) is 18.7 Å². The molecular weight excluding hydrogens is 248 g/mol. The van der Waals surface area contributed by atoms with E-state index in [1.807, 2.05) is 11.9 Å². The third-order valence-electron chi connectivity index (χ3n) is 3.94. The highest BCUT2D eigenvalue weighted by Crippen LogP contribution is 2.18. The second-order valence-corrected chi connectivity index (χ2v) is 5.89. The molecule has 0 N–H and O–H groups in total. The molecule has 1 saturated heterocycles. The highest BCUT2D eigenvalue weighted by molar-refractivity contribution is 6.17. The number of halogens is 1. The monoisotopic (exact) mass is 274 g/mol. The first-order valence-electron chi connectivity index (χ1n) is 7.12. The Bertz CT molecular complexity index is 250. The average Bonchev–Trinajstić information content (AvgIpc) is 2.38. The molecule has 106 valence electrons. The van der Waals surface area contributed by atoms with Crippen molar-refractivity contribution in [2.45, 2.75) is 58.0 Å². The van der Waals surface area contributed by atoms with E-state index in [0.29, 0.717) is 24.4 Å². The maximum atomic E-state index is 12.0. The zero-order valence-corrected chi connectivity index (χ0v) is 12.7. The van der Waals surface area contributed by atoms with E-state index in [-0.39, 0.29) is 5.91 Å². The Morgan fingerprint density at radius 2 is 1.94 bits per heavy atom. The van der Waals surface area contributed by atoms with Gasteiger partial charge in [-0.05, 0) is 39.5 Å². The van der Waals surface area contributed by atoms with Crippen LogP contribution in [0.1, 0.15) is 46.0 Å². The molecule has 0 radical (unpaired) electrons. The lowest BCUT2D eigenvalue weighted by atomic mass is 10.0. The highest BCUT2D eigenvalue weighted by atomic mass is 35.5.